The van der Waals surface area contributed by atoms with Crippen LogP contribution in [0.4, 0.5) is 11.4 Å². The van der Waals surface area contributed by atoms with Crippen molar-refractivity contribution >= 4 is 39.0 Å². The number of hydrogen-bond donors (Lipinski definition) is 2. The van der Waals surface area contributed by atoms with Crippen LogP contribution in [0.3, 0.4) is 0 Å². The summed E-state index contributed by atoms with van der Waals surface area (Å²) in [6.07, 6.45) is 2.71. The Labute approximate surface area is 177 Å². The molecule has 0 bridgehead atoms. The predicted octanol–water partition coefficient (Wildman–Crippen LogP) is 5.31. The molecule has 6 nitrogen and oxygen atoms in total. The minimum absolute atomic E-state index is 0.0119. The maximum absolute atomic E-state index is 13.1. The summed E-state index contributed by atoms with van der Waals surface area (Å²) in [4.78, 5) is 12.3. The number of esters is 1. The summed E-state index contributed by atoms with van der Waals surface area (Å²) in [5, 5.41) is 3.67. The van der Waals surface area contributed by atoms with E-state index in [2.05, 4.69) is 17.0 Å². The maximum Gasteiger partial charge on any atom is 0.338 e. The van der Waals surface area contributed by atoms with Crippen LogP contribution in [0.15, 0.2) is 47.4 Å². The number of nitrogens with one attached hydrogen (secondary N) is 2. The number of ether oxygens (including phenoxy) is 1. The lowest BCUT2D eigenvalue weighted by Gasteiger charge is -2.16. The summed E-state index contributed by atoms with van der Waals surface area (Å²) in [5.41, 5.74) is 0.986. The zero-order valence-electron chi connectivity index (χ0n) is 16.9. The van der Waals surface area contributed by atoms with Gasteiger partial charge in [0.05, 0.1) is 17.4 Å². The van der Waals surface area contributed by atoms with Gasteiger partial charge < -0.3 is 10.1 Å². The fourth-order valence-corrected chi connectivity index (χ4v) is 4.02. The fraction of sp³-hybridized carbons (Fsp3) is 0.381. The average molecular weight is 439 g/mol. The van der Waals surface area contributed by atoms with Crippen molar-refractivity contribution in [1.82, 2.24) is 0 Å². The standard InChI is InChI=1S/C21H27ClN2O4S/c1-4-5-6-13-23-19-12-7-16(21(25)28-15(2)3)14-20(19)29(26,27)24-18-10-8-17(22)9-11-18/h7-12,14-15,23-24H,4-6,13H2,1-3H3. The number of benzene rings is 2. The molecule has 2 aromatic rings. The minimum atomic E-state index is -3.95. The van der Waals surface area contributed by atoms with Gasteiger partial charge in [-0.05, 0) is 62.7 Å². The highest BCUT2D eigenvalue weighted by Gasteiger charge is 2.22. The van der Waals surface area contributed by atoms with Crippen molar-refractivity contribution < 1.29 is 17.9 Å². The van der Waals surface area contributed by atoms with Crippen LogP contribution in [-0.4, -0.2) is 27.0 Å². The molecule has 0 aliphatic carbocycles. The lowest BCUT2D eigenvalue weighted by atomic mass is 10.2. The van der Waals surface area contributed by atoms with Gasteiger partial charge in [0.1, 0.15) is 4.90 Å². The SMILES string of the molecule is CCCCCNc1ccc(C(=O)OC(C)C)cc1S(=O)(=O)Nc1ccc(Cl)cc1. The van der Waals surface area contributed by atoms with Gasteiger partial charge in [-0.3, -0.25) is 4.72 Å². The highest BCUT2D eigenvalue weighted by molar-refractivity contribution is 7.92. The van der Waals surface area contributed by atoms with Crippen molar-refractivity contribution in [3.63, 3.8) is 0 Å². The average Bonchev–Trinajstić information content (AvgIpc) is 2.66. The van der Waals surface area contributed by atoms with Crippen molar-refractivity contribution in [1.29, 1.82) is 0 Å². The molecule has 8 heteroatoms. The Kier molecular flexibility index (Phi) is 8.34. The maximum atomic E-state index is 13.1. The Morgan fingerprint density at radius 1 is 1.10 bits per heavy atom. The summed E-state index contributed by atoms with van der Waals surface area (Å²) in [6, 6.07) is 10.8. The van der Waals surface area contributed by atoms with E-state index in [1.54, 1.807) is 50.2 Å². The third-order valence-corrected chi connectivity index (χ3v) is 5.71. The molecule has 0 saturated carbocycles. The first-order valence-electron chi connectivity index (χ1n) is 9.60. The van der Waals surface area contributed by atoms with Crippen LogP contribution in [-0.2, 0) is 14.8 Å². The van der Waals surface area contributed by atoms with Crippen LogP contribution < -0.4 is 10.0 Å². The van der Waals surface area contributed by atoms with Crippen LogP contribution in [0.1, 0.15) is 50.4 Å². The van der Waals surface area contributed by atoms with E-state index in [0.29, 0.717) is 22.9 Å². The molecule has 0 heterocycles. The molecule has 2 rings (SSSR count). The Hall–Kier alpha value is -2.25. The zero-order valence-corrected chi connectivity index (χ0v) is 18.4. The quantitative estimate of drug-likeness (QED) is 0.388. The van der Waals surface area contributed by atoms with Crippen molar-refractivity contribution in [3.8, 4) is 0 Å². The van der Waals surface area contributed by atoms with E-state index in [1.807, 2.05) is 0 Å². The van der Waals surface area contributed by atoms with Crippen LogP contribution in [0.2, 0.25) is 5.02 Å². The summed E-state index contributed by atoms with van der Waals surface area (Å²) in [5.74, 6) is -0.569. The topological polar surface area (TPSA) is 84.5 Å². The molecular formula is C21H27ClN2O4S. The summed E-state index contributed by atoms with van der Waals surface area (Å²) < 4.78 is 33.8. The number of carbonyl (C=O) groups excluding carboxylic acids is 1. The number of halogens is 1. The molecule has 0 aliphatic rings. The Morgan fingerprint density at radius 3 is 2.41 bits per heavy atom. The van der Waals surface area contributed by atoms with Gasteiger partial charge in [0.2, 0.25) is 0 Å². The zero-order chi connectivity index (χ0) is 21.4. The number of anilines is 2. The molecule has 0 atom stereocenters. The largest absolute Gasteiger partial charge is 0.459 e. The van der Waals surface area contributed by atoms with Crippen LogP contribution >= 0.6 is 11.6 Å². The van der Waals surface area contributed by atoms with E-state index in [0.717, 1.165) is 19.3 Å². The second-order valence-electron chi connectivity index (χ2n) is 6.91. The van der Waals surface area contributed by atoms with Crippen LogP contribution in [0, 0.1) is 0 Å². The number of hydrogen-bond acceptors (Lipinski definition) is 5. The van der Waals surface area contributed by atoms with E-state index in [-0.39, 0.29) is 16.6 Å². The molecule has 0 fully saturated rings. The van der Waals surface area contributed by atoms with E-state index in [9.17, 15) is 13.2 Å². The second-order valence-corrected chi connectivity index (χ2v) is 9.00. The molecule has 29 heavy (non-hydrogen) atoms. The van der Waals surface area contributed by atoms with Crippen molar-refractivity contribution in [2.24, 2.45) is 0 Å². The normalized spacial score (nSPS) is 11.3. The van der Waals surface area contributed by atoms with E-state index < -0.39 is 16.0 Å². The van der Waals surface area contributed by atoms with E-state index >= 15 is 0 Å². The molecule has 2 aromatic carbocycles. The van der Waals surface area contributed by atoms with E-state index in [1.165, 1.54) is 6.07 Å². The minimum Gasteiger partial charge on any atom is -0.459 e. The van der Waals surface area contributed by atoms with Crippen LogP contribution in [0.25, 0.3) is 0 Å². The van der Waals surface area contributed by atoms with Crippen LogP contribution in [0.5, 0.6) is 0 Å². The third kappa shape index (κ3) is 6.94. The first-order valence-corrected chi connectivity index (χ1v) is 11.5. The molecular weight excluding hydrogens is 412 g/mol. The van der Waals surface area contributed by atoms with Gasteiger partial charge in [-0.1, -0.05) is 31.4 Å². The molecule has 0 radical (unpaired) electrons. The predicted molar refractivity (Wildman–Crippen MR) is 117 cm³/mol. The molecule has 0 unspecified atom stereocenters. The molecule has 0 aromatic heterocycles. The van der Waals surface area contributed by atoms with Gasteiger partial charge in [0, 0.05) is 17.3 Å². The first kappa shape index (κ1) is 23.0. The molecule has 0 amide bonds. The highest BCUT2D eigenvalue weighted by atomic mass is 35.5. The number of carbonyl (C=O) groups is 1. The van der Waals surface area contributed by atoms with Crippen molar-refractivity contribution in [2.75, 3.05) is 16.6 Å². The molecule has 2 N–H and O–H groups in total. The lowest BCUT2D eigenvalue weighted by molar-refractivity contribution is 0.0377. The van der Waals surface area contributed by atoms with Crippen molar-refractivity contribution in [3.05, 3.63) is 53.1 Å². The van der Waals surface area contributed by atoms with Crippen molar-refractivity contribution in [2.45, 2.75) is 51.0 Å². The molecule has 0 spiro atoms. The molecule has 0 aliphatic heterocycles. The summed E-state index contributed by atoms with van der Waals surface area (Å²) in [7, 11) is -3.95. The monoisotopic (exact) mass is 438 g/mol. The highest BCUT2D eigenvalue weighted by Crippen LogP contribution is 2.26. The smallest absolute Gasteiger partial charge is 0.338 e. The number of rotatable bonds is 10. The summed E-state index contributed by atoms with van der Waals surface area (Å²) >= 11 is 5.87. The second kappa shape index (κ2) is 10.5. The van der Waals surface area contributed by atoms with Gasteiger partial charge in [0.25, 0.3) is 10.0 Å². The first-order chi connectivity index (χ1) is 13.7. The molecule has 158 valence electrons. The Balaban J connectivity index is 2.36. The van der Waals surface area contributed by atoms with Gasteiger partial charge in [-0.15, -0.1) is 0 Å². The van der Waals surface area contributed by atoms with E-state index in [4.69, 9.17) is 16.3 Å². The van der Waals surface area contributed by atoms with Gasteiger partial charge >= 0.3 is 5.97 Å². The van der Waals surface area contributed by atoms with Gasteiger partial charge in [-0.2, -0.15) is 0 Å². The Morgan fingerprint density at radius 2 is 1.79 bits per heavy atom. The Bertz CT molecular complexity index is 928. The molecule has 0 saturated heterocycles. The summed E-state index contributed by atoms with van der Waals surface area (Å²) in [6.45, 7) is 6.21. The fourth-order valence-electron chi connectivity index (χ4n) is 2.63. The lowest BCUT2D eigenvalue weighted by Crippen LogP contribution is -2.18. The number of unbranched alkanes of at least 4 members (excludes halogenated alkanes) is 2. The third-order valence-electron chi connectivity index (χ3n) is 4.04. The van der Waals surface area contributed by atoms with Gasteiger partial charge in [-0.25, -0.2) is 13.2 Å². The number of sulfonamides is 1. The van der Waals surface area contributed by atoms with Gasteiger partial charge in [0.15, 0.2) is 0 Å².